The van der Waals surface area contributed by atoms with Crippen LogP contribution in [0.15, 0.2) is 0 Å². The molecule has 4 unspecified atom stereocenters. The van der Waals surface area contributed by atoms with Crippen LogP contribution in [0.5, 0.6) is 0 Å². The highest BCUT2D eigenvalue weighted by Crippen LogP contribution is 2.33. The van der Waals surface area contributed by atoms with Gasteiger partial charge in [0, 0.05) is 11.3 Å². The lowest BCUT2D eigenvalue weighted by molar-refractivity contribution is -0.148. The zero-order chi connectivity index (χ0) is 14.7. The molecule has 1 aliphatic heterocycles. The monoisotopic (exact) mass is 298 g/mol. The number of carbonyl (C=O) groups is 2. The highest BCUT2D eigenvalue weighted by molar-refractivity contribution is 7.99. The van der Waals surface area contributed by atoms with Gasteiger partial charge in [-0.3, -0.25) is 9.59 Å². The number of carbonyl (C=O) groups excluding carboxylic acids is 2. The van der Waals surface area contributed by atoms with Gasteiger partial charge in [0.25, 0.3) is 0 Å². The molecule has 0 aromatic rings. The van der Waals surface area contributed by atoms with Crippen molar-refractivity contribution in [2.45, 2.75) is 63.8 Å². The highest BCUT2D eigenvalue weighted by atomic mass is 32.2. The van der Waals surface area contributed by atoms with E-state index >= 15 is 0 Å². The Hall–Kier alpha value is -0.710. The van der Waals surface area contributed by atoms with Gasteiger partial charge in [0.15, 0.2) is 0 Å². The van der Waals surface area contributed by atoms with Crippen LogP contribution in [0, 0.1) is 5.92 Å². The van der Waals surface area contributed by atoms with E-state index in [1.54, 1.807) is 0 Å². The minimum Gasteiger partial charge on any atom is -0.342 e. The second-order valence-electron chi connectivity index (χ2n) is 5.94. The van der Waals surface area contributed by atoms with E-state index in [1.807, 2.05) is 23.6 Å². The third kappa shape index (κ3) is 3.30. The number of thioether (sulfide) groups is 1. The Kier molecular flexibility index (Phi) is 5.35. The van der Waals surface area contributed by atoms with E-state index in [0.29, 0.717) is 5.25 Å². The van der Waals surface area contributed by atoms with Crippen LogP contribution < -0.4 is 5.32 Å². The number of hydrogen-bond donors (Lipinski definition) is 1. The summed E-state index contributed by atoms with van der Waals surface area (Å²) in [7, 11) is 0. The van der Waals surface area contributed by atoms with Gasteiger partial charge < -0.3 is 10.2 Å². The predicted molar refractivity (Wildman–Crippen MR) is 82.7 cm³/mol. The molecule has 1 saturated heterocycles. The zero-order valence-corrected chi connectivity index (χ0v) is 13.5. The molecule has 1 N–H and O–H groups in total. The standard InChI is InChI=1S/C15H26N2O2S/c1-4-10(3)14-15(19)17(9-13(18)16-14)11-6-7-12(8-11)20-5-2/h10-12,14H,4-9H2,1-3H3,(H,16,18). The summed E-state index contributed by atoms with van der Waals surface area (Å²) in [5, 5.41) is 3.53. The average molecular weight is 298 g/mol. The summed E-state index contributed by atoms with van der Waals surface area (Å²) in [5.41, 5.74) is 0. The largest absolute Gasteiger partial charge is 0.342 e. The molecule has 4 nitrogen and oxygen atoms in total. The number of amides is 2. The normalized spacial score (nSPS) is 32.4. The second-order valence-corrected chi connectivity index (χ2v) is 7.52. The lowest BCUT2D eigenvalue weighted by Crippen LogP contribution is -2.62. The summed E-state index contributed by atoms with van der Waals surface area (Å²) >= 11 is 1.98. The minimum absolute atomic E-state index is 0.00138. The quantitative estimate of drug-likeness (QED) is 0.845. The first-order chi connectivity index (χ1) is 9.56. The molecular weight excluding hydrogens is 272 g/mol. The van der Waals surface area contributed by atoms with Gasteiger partial charge in [0.1, 0.15) is 6.04 Å². The van der Waals surface area contributed by atoms with Crippen LogP contribution in [0.2, 0.25) is 0 Å². The van der Waals surface area contributed by atoms with Gasteiger partial charge in [0.2, 0.25) is 11.8 Å². The van der Waals surface area contributed by atoms with Crippen molar-refractivity contribution >= 4 is 23.6 Å². The number of nitrogens with zero attached hydrogens (tertiary/aromatic N) is 1. The topological polar surface area (TPSA) is 49.4 Å². The number of hydrogen-bond acceptors (Lipinski definition) is 3. The first kappa shape index (κ1) is 15.7. The maximum Gasteiger partial charge on any atom is 0.246 e. The van der Waals surface area contributed by atoms with Gasteiger partial charge >= 0.3 is 0 Å². The summed E-state index contributed by atoms with van der Waals surface area (Å²) in [6, 6.07) is -0.0525. The van der Waals surface area contributed by atoms with Crippen LogP contribution in [-0.4, -0.2) is 46.3 Å². The highest BCUT2D eigenvalue weighted by Gasteiger charge is 2.40. The van der Waals surface area contributed by atoms with Gasteiger partial charge in [-0.15, -0.1) is 0 Å². The third-order valence-corrected chi connectivity index (χ3v) is 5.83. The molecule has 0 aromatic heterocycles. The first-order valence-corrected chi connectivity index (χ1v) is 8.83. The molecule has 0 radical (unpaired) electrons. The molecule has 1 heterocycles. The van der Waals surface area contributed by atoms with Crippen molar-refractivity contribution in [3.8, 4) is 0 Å². The van der Waals surface area contributed by atoms with E-state index < -0.39 is 0 Å². The fraction of sp³-hybridized carbons (Fsp3) is 0.867. The van der Waals surface area contributed by atoms with E-state index in [9.17, 15) is 9.59 Å². The summed E-state index contributed by atoms with van der Waals surface area (Å²) in [6.07, 6.45) is 4.17. The van der Waals surface area contributed by atoms with E-state index in [4.69, 9.17) is 0 Å². The third-order valence-electron chi connectivity index (χ3n) is 4.59. The SMILES string of the molecule is CCSC1CCC(N2CC(=O)NC(C(C)CC)C2=O)C1. The molecule has 0 bridgehead atoms. The summed E-state index contributed by atoms with van der Waals surface area (Å²) < 4.78 is 0. The van der Waals surface area contributed by atoms with E-state index in [2.05, 4.69) is 19.2 Å². The van der Waals surface area contributed by atoms with Crippen molar-refractivity contribution in [2.24, 2.45) is 5.92 Å². The molecule has 5 heteroatoms. The Morgan fingerprint density at radius 1 is 1.35 bits per heavy atom. The Morgan fingerprint density at radius 3 is 2.75 bits per heavy atom. The van der Waals surface area contributed by atoms with Crippen LogP contribution in [0.25, 0.3) is 0 Å². The number of piperazine rings is 1. The van der Waals surface area contributed by atoms with Crippen LogP contribution in [0.3, 0.4) is 0 Å². The minimum atomic E-state index is -0.320. The smallest absolute Gasteiger partial charge is 0.246 e. The molecule has 1 saturated carbocycles. The summed E-state index contributed by atoms with van der Waals surface area (Å²) in [5.74, 6) is 1.46. The molecule has 0 spiro atoms. The average Bonchev–Trinajstić information content (AvgIpc) is 2.89. The van der Waals surface area contributed by atoms with Crippen LogP contribution >= 0.6 is 11.8 Å². The molecule has 0 aromatic carbocycles. The molecule has 1 aliphatic carbocycles. The van der Waals surface area contributed by atoms with Crippen molar-refractivity contribution in [3.05, 3.63) is 0 Å². The maximum atomic E-state index is 12.6. The van der Waals surface area contributed by atoms with Crippen molar-refractivity contribution in [3.63, 3.8) is 0 Å². The van der Waals surface area contributed by atoms with Gasteiger partial charge in [-0.05, 0) is 30.9 Å². The lowest BCUT2D eigenvalue weighted by Gasteiger charge is -2.38. The number of rotatable bonds is 5. The van der Waals surface area contributed by atoms with Crippen LogP contribution in [0.1, 0.15) is 46.5 Å². The Balaban J connectivity index is 2.03. The fourth-order valence-corrected chi connectivity index (χ4v) is 4.34. The van der Waals surface area contributed by atoms with Gasteiger partial charge in [0.05, 0.1) is 6.54 Å². The maximum absolute atomic E-state index is 12.6. The van der Waals surface area contributed by atoms with Crippen molar-refractivity contribution < 1.29 is 9.59 Å². The van der Waals surface area contributed by atoms with Crippen molar-refractivity contribution in [1.82, 2.24) is 10.2 Å². The van der Waals surface area contributed by atoms with Gasteiger partial charge in [-0.2, -0.15) is 11.8 Å². The van der Waals surface area contributed by atoms with Gasteiger partial charge in [-0.1, -0.05) is 27.2 Å². The predicted octanol–water partition coefficient (Wildman–Crippen LogP) is 2.03. The molecule has 2 amide bonds. The van der Waals surface area contributed by atoms with Crippen molar-refractivity contribution in [1.29, 1.82) is 0 Å². The molecule has 2 fully saturated rings. The summed E-state index contributed by atoms with van der Waals surface area (Å²) in [4.78, 5) is 26.4. The molecule has 20 heavy (non-hydrogen) atoms. The lowest BCUT2D eigenvalue weighted by atomic mass is 9.95. The molecule has 2 aliphatic rings. The van der Waals surface area contributed by atoms with E-state index in [-0.39, 0.29) is 36.4 Å². The van der Waals surface area contributed by atoms with Gasteiger partial charge in [-0.25, -0.2) is 0 Å². The Labute approximate surface area is 126 Å². The number of nitrogens with one attached hydrogen (secondary N) is 1. The Bertz CT molecular complexity index is 375. The molecule has 114 valence electrons. The summed E-state index contributed by atoms with van der Waals surface area (Å²) in [6.45, 7) is 6.53. The zero-order valence-electron chi connectivity index (χ0n) is 12.7. The second kappa shape index (κ2) is 6.83. The first-order valence-electron chi connectivity index (χ1n) is 7.78. The van der Waals surface area contributed by atoms with Crippen LogP contribution in [0.4, 0.5) is 0 Å². The molecular formula is C15H26N2O2S. The molecule has 2 rings (SSSR count). The van der Waals surface area contributed by atoms with Crippen molar-refractivity contribution in [2.75, 3.05) is 12.3 Å². The molecule has 4 atom stereocenters. The fourth-order valence-electron chi connectivity index (χ4n) is 3.21. The van der Waals surface area contributed by atoms with Crippen LogP contribution in [-0.2, 0) is 9.59 Å². The van der Waals surface area contributed by atoms with E-state index in [0.717, 1.165) is 25.0 Å². The Morgan fingerprint density at radius 2 is 2.10 bits per heavy atom. The van der Waals surface area contributed by atoms with E-state index in [1.165, 1.54) is 6.42 Å².